The number of allylic oxidation sites excluding steroid dienone is 2. The zero-order chi connectivity index (χ0) is 28.1. The Bertz CT molecular complexity index is 1410. The molecule has 3 aromatic rings. The molecule has 2 aromatic carbocycles. The molecule has 0 radical (unpaired) electrons. The average molecular weight is 530 g/mol. The molecular formula is C29H31N5O5. The van der Waals surface area contributed by atoms with Gasteiger partial charge in [0, 0.05) is 47.0 Å². The lowest BCUT2D eigenvalue weighted by Crippen LogP contribution is -2.53. The van der Waals surface area contributed by atoms with Crippen LogP contribution in [0.1, 0.15) is 11.5 Å². The smallest absolute Gasteiger partial charge is 0.333 e. The highest BCUT2D eigenvalue weighted by Gasteiger charge is 2.37. The number of para-hydroxylation sites is 2. The minimum absolute atomic E-state index is 0.0546. The Labute approximate surface area is 227 Å². The van der Waals surface area contributed by atoms with Crippen molar-refractivity contribution in [3.63, 3.8) is 0 Å². The monoisotopic (exact) mass is 529 g/mol. The topological polar surface area (TPSA) is 99.4 Å². The second kappa shape index (κ2) is 11.7. The van der Waals surface area contributed by atoms with Crippen molar-refractivity contribution in [3.8, 4) is 0 Å². The number of benzene rings is 2. The van der Waals surface area contributed by atoms with Crippen molar-refractivity contribution in [2.45, 2.75) is 0 Å². The van der Waals surface area contributed by atoms with Gasteiger partial charge in [0.25, 0.3) is 11.8 Å². The molecule has 1 aromatic heterocycles. The van der Waals surface area contributed by atoms with Crippen LogP contribution in [-0.2, 0) is 14.3 Å². The van der Waals surface area contributed by atoms with Crippen molar-refractivity contribution >= 4 is 46.8 Å². The quantitative estimate of drug-likeness (QED) is 0.372. The zero-order valence-corrected chi connectivity index (χ0v) is 22.6. The molecular weight excluding hydrogens is 498 g/mol. The number of carbonyl (C=O) groups excluding carboxylic acids is 3. The maximum absolute atomic E-state index is 11.9. The van der Waals surface area contributed by atoms with Crippen LogP contribution in [0.15, 0.2) is 76.6 Å². The van der Waals surface area contributed by atoms with Gasteiger partial charge in [-0.2, -0.15) is 0 Å². The fraction of sp³-hybridized carbons (Fsp3) is 0.241. The first-order valence-electron chi connectivity index (χ1n) is 12.3. The number of nitrogens with zero attached hydrogens (tertiary/aromatic N) is 5. The third kappa shape index (κ3) is 6.18. The van der Waals surface area contributed by atoms with E-state index in [9.17, 15) is 14.4 Å². The van der Waals surface area contributed by atoms with E-state index >= 15 is 0 Å². The minimum atomic E-state index is -0.631. The number of imide groups is 2. The second-order valence-corrected chi connectivity index (χ2v) is 9.21. The van der Waals surface area contributed by atoms with Gasteiger partial charge in [-0.1, -0.05) is 24.3 Å². The number of hydrogen-bond donors (Lipinski definition) is 0. The van der Waals surface area contributed by atoms with Crippen molar-refractivity contribution < 1.29 is 23.5 Å². The molecule has 4 amide bonds. The first-order chi connectivity index (χ1) is 18.7. The molecule has 2 fully saturated rings. The molecule has 0 atom stereocenters. The van der Waals surface area contributed by atoms with E-state index in [4.69, 9.17) is 9.15 Å². The van der Waals surface area contributed by atoms with Gasteiger partial charge in [-0.25, -0.2) is 9.78 Å². The first kappa shape index (κ1) is 27.2. The summed E-state index contributed by atoms with van der Waals surface area (Å²) in [4.78, 5) is 45.5. The van der Waals surface area contributed by atoms with Gasteiger partial charge in [0.15, 0.2) is 11.5 Å². The Morgan fingerprint density at radius 2 is 1.54 bits per heavy atom. The van der Waals surface area contributed by atoms with Crippen LogP contribution in [-0.4, -0.2) is 85.9 Å². The summed E-state index contributed by atoms with van der Waals surface area (Å²) in [5, 5.41) is 0. The molecule has 0 unspecified atom stereocenters. The number of aromatic nitrogens is 1. The molecule has 0 spiro atoms. The standard InChI is InChI=1S/C17H16N2O.C12H15N3O4/c1-19(2)14-10-7-13(8-11-14)9-12-17-18-15-5-3-4-6-16(15)20-17;1-13-6-7-19-9(13)5-4-8-10(16)14(2)12(18)15(3)11(8)17/h3-12H,1-2H3;4-5H,6-7H2,1-3H3/b12-9+;9-5+. The van der Waals surface area contributed by atoms with Crippen molar-refractivity contribution in [1.82, 2.24) is 19.7 Å². The Morgan fingerprint density at radius 3 is 2.13 bits per heavy atom. The molecule has 0 saturated carbocycles. The summed E-state index contributed by atoms with van der Waals surface area (Å²) in [6.07, 6.45) is 6.85. The normalized spacial score (nSPS) is 16.7. The molecule has 3 heterocycles. The first-order valence-corrected chi connectivity index (χ1v) is 12.3. The maximum Gasteiger partial charge on any atom is 0.333 e. The number of barbiturate groups is 1. The Kier molecular flexibility index (Phi) is 8.14. The Morgan fingerprint density at radius 1 is 0.872 bits per heavy atom. The number of urea groups is 1. The number of likely N-dealkylation sites (N-methyl/N-ethyl adjacent to an activating group) is 3. The van der Waals surface area contributed by atoms with Gasteiger partial charge >= 0.3 is 6.03 Å². The minimum Gasteiger partial charge on any atom is -0.477 e. The van der Waals surface area contributed by atoms with Gasteiger partial charge in [-0.15, -0.1) is 0 Å². The fourth-order valence-electron chi connectivity index (χ4n) is 3.84. The summed E-state index contributed by atoms with van der Waals surface area (Å²) in [6.45, 7) is 1.33. The van der Waals surface area contributed by atoms with E-state index in [1.54, 1.807) is 6.08 Å². The molecule has 202 valence electrons. The van der Waals surface area contributed by atoms with Crippen molar-refractivity contribution in [2.75, 3.05) is 53.3 Å². The number of ether oxygens (including phenoxy) is 1. The SMILES string of the molecule is CN(C)c1ccc(/C=C/c2nc3ccccc3o2)cc1.CN1C(=O)C(=C/C=C2/OCCN2C)C(=O)N(C)C1=O. The molecule has 2 saturated heterocycles. The lowest BCUT2D eigenvalue weighted by molar-refractivity contribution is -0.134. The average Bonchev–Trinajstić information content (AvgIpc) is 3.55. The van der Waals surface area contributed by atoms with E-state index < -0.39 is 17.8 Å². The number of hydrogen-bond acceptors (Lipinski definition) is 8. The Hall–Kier alpha value is -4.86. The molecule has 10 heteroatoms. The van der Waals surface area contributed by atoms with Gasteiger partial charge in [-0.05, 0) is 48.1 Å². The fourth-order valence-corrected chi connectivity index (χ4v) is 3.84. The molecule has 0 aliphatic carbocycles. The summed E-state index contributed by atoms with van der Waals surface area (Å²) >= 11 is 0. The van der Waals surface area contributed by atoms with Gasteiger partial charge in [0.05, 0.1) is 6.54 Å². The molecule has 5 rings (SSSR count). The highest BCUT2D eigenvalue weighted by Crippen LogP contribution is 2.19. The van der Waals surface area contributed by atoms with Crippen molar-refractivity contribution in [1.29, 1.82) is 0 Å². The number of carbonyl (C=O) groups is 3. The van der Waals surface area contributed by atoms with Crippen LogP contribution >= 0.6 is 0 Å². The van der Waals surface area contributed by atoms with Gasteiger partial charge in [-0.3, -0.25) is 19.4 Å². The van der Waals surface area contributed by atoms with Gasteiger partial charge < -0.3 is 19.0 Å². The van der Waals surface area contributed by atoms with Gasteiger partial charge in [0.2, 0.25) is 5.89 Å². The third-order valence-electron chi connectivity index (χ3n) is 6.23. The van der Waals surface area contributed by atoms with Crippen LogP contribution in [0.3, 0.4) is 0 Å². The van der Waals surface area contributed by atoms with E-state index in [1.165, 1.54) is 25.9 Å². The lowest BCUT2D eigenvalue weighted by atomic mass is 10.1. The third-order valence-corrected chi connectivity index (χ3v) is 6.23. The molecule has 39 heavy (non-hydrogen) atoms. The maximum atomic E-state index is 11.9. The molecule has 0 bridgehead atoms. The van der Waals surface area contributed by atoms with E-state index in [-0.39, 0.29) is 5.57 Å². The van der Waals surface area contributed by atoms with E-state index in [0.717, 1.165) is 33.0 Å². The van der Waals surface area contributed by atoms with Crippen molar-refractivity contribution in [3.05, 3.63) is 83.6 Å². The van der Waals surface area contributed by atoms with Crippen LogP contribution in [0.2, 0.25) is 0 Å². The molecule has 10 nitrogen and oxygen atoms in total. The van der Waals surface area contributed by atoms with Gasteiger partial charge in [0.1, 0.15) is 17.7 Å². The summed E-state index contributed by atoms with van der Waals surface area (Å²) < 4.78 is 11.0. The molecule has 2 aliphatic rings. The highest BCUT2D eigenvalue weighted by atomic mass is 16.5. The Balaban J connectivity index is 0.000000181. The van der Waals surface area contributed by atoms with E-state index in [0.29, 0.717) is 18.4 Å². The number of rotatable bonds is 4. The predicted octanol–water partition coefficient (Wildman–Crippen LogP) is 3.83. The number of anilines is 1. The van der Waals surface area contributed by atoms with Crippen LogP contribution in [0.5, 0.6) is 0 Å². The molecule has 0 N–H and O–H groups in total. The van der Waals surface area contributed by atoms with E-state index in [2.05, 4.69) is 34.1 Å². The van der Waals surface area contributed by atoms with E-state index in [1.807, 2.05) is 62.5 Å². The molecule has 2 aliphatic heterocycles. The highest BCUT2D eigenvalue weighted by molar-refractivity contribution is 6.28. The number of fused-ring (bicyclic) bond motifs is 1. The number of amides is 4. The summed E-state index contributed by atoms with van der Waals surface area (Å²) in [5.41, 5.74) is 3.95. The number of oxazole rings is 1. The summed E-state index contributed by atoms with van der Waals surface area (Å²) in [5.74, 6) is 0.00870. The summed E-state index contributed by atoms with van der Waals surface area (Å²) in [6, 6.07) is 15.5. The van der Waals surface area contributed by atoms with Crippen molar-refractivity contribution in [2.24, 2.45) is 0 Å². The van der Waals surface area contributed by atoms with Crippen LogP contribution in [0, 0.1) is 0 Å². The summed E-state index contributed by atoms with van der Waals surface area (Å²) in [7, 11) is 8.59. The predicted molar refractivity (Wildman–Crippen MR) is 149 cm³/mol. The largest absolute Gasteiger partial charge is 0.477 e. The van der Waals surface area contributed by atoms with Crippen LogP contribution in [0.25, 0.3) is 23.3 Å². The zero-order valence-electron chi connectivity index (χ0n) is 22.6. The second-order valence-electron chi connectivity index (χ2n) is 9.21. The van der Waals surface area contributed by atoms with Crippen LogP contribution < -0.4 is 4.90 Å². The lowest BCUT2D eigenvalue weighted by Gasteiger charge is -2.28. The van der Waals surface area contributed by atoms with Crippen LogP contribution in [0.4, 0.5) is 10.5 Å².